The fourth-order valence-corrected chi connectivity index (χ4v) is 3.32. The molecule has 0 atom stereocenters. The third-order valence-corrected chi connectivity index (χ3v) is 5.12. The Hall–Kier alpha value is -0.830. The predicted molar refractivity (Wildman–Crippen MR) is 117 cm³/mol. The van der Waals surface area contributed by atoms with E-state index in [2.05, 4.69) is 31.6 Å². The van der Waals surface area contributed by atoms with Crippen molar-refractivity contribution in [3.63, 3.8) is 0 Å². The highest BCUT2D eigenvalue weighted by Gasteiger charge is 2.16. The Balaban J connectivity index is 0.00000312. The van der Waals surface area contributed by atoms with Crippen LogP contribution in [0.4, 0.5) is 0 Å². The molecule has 0 radical (unpaired) electrons. The molecule has 0 heterocycles. The standard InChI is InChI=1S/C18H27BrN4O.HI/c1-20-18(22-15-8-4-5-9-15)21-12-11-17(24)23(2)13-14-7-3-6-10-16(14)19;/h3,6-7,10,15H,4-5,8-9,11-13H2,1-2H3,(H2,20,21,22);1H. The Bertz CT molecular complexity index is 576. The Morgan fingerprint density at radius 3 is 2.64 bits per heavy atom. The summed E-state index contributed by atoms with van der Waals surface area (Å²) in [7, 11) is 3.61. The van der Waals surface area contributed by atoms with Crippen LogP contribution in [0.2, 0.25) is 0 Å². The van der Waals surface area contributed by atoms with Crippen LogP contribution in [0.3, 0.4) is 0 Å². The molecule has 0 aliphatic heterocycles. The first kappa shape index (κ1) is 22.2. The topological polar surface area (TPSA) is 56.7 Å². The number of hydrogen-bond acceptors (Lipinski definition) is 2. The van der Waals surface area contributed by atoms with Crippen molar-refractivity contribution >= 4 is 51.8 Å². The van der Waals surface area contributed by atoms with Crippen molar-refractivity contribution in [2.75, 3.05) is 20.6 Å². The summed E-state index contributed by atoms with van der Waals surface area (Å²) >= 11 is 3.52. The van der Waals surface area contributed by atoms with Crippen molar-refractivity contribution in [3.05, 3.63) is 34.3 Å². The summed E-state index contributed by atoms with van der Waals surface area (Å²) < 4.78 is 1.03. The summed E-state index contributed by atoms with van der Waals surface area (Å²) in [5.74, 6) is 0.915. The zero-order valence-corrected chi connectivity index (χ0v) is 18.8. The number of hydrogen-bond donors (Lipinski definition) is 2. The van der Waals surface area contributed by atoms with Gasteiger partial charge in [0.15, 0.2) is 5.96 Å². The number of aliphatic imine (C=N–C) groups is 1. The van der Waals surface area contributed by atoms with Crippen molar-refractivity contribution in [1.82, 2.24) is 15.5 Å². The minimum Gasteiger partial charge on any atom is -0.356 e. The molecule has 2 rings (SSSR count). The Labute approximate surface area is 176 Å². The van der Waals surface area contributed by atoms with Crippen molar-refractivity contribution in [2.24, 2.45) is 4.99 Å². The average Bonchev–Trinajstić information content (AvgIpc) is 3.08. The highest BCUT2D eigenvalue weighted by atomic mass is 127. The van der Waals surface area contributed by atoms with Crippen LogP contribution < -0.4 is 10.6 Å². The molecule has 1 aromatic carbocycles. The zero-order valence-electron chi connectivity index (χ0n) is 14.9. The average molecular weight is 523 g/mol. The molecule has 1 aliphatic rings. The van der Waals surface area contributed by atoms with Crippen LogP contribution in [0.15, 0.2) is 33.7 Å². The van der Waals surface area contributed by atoms with Crippen LogP contribution in [0.1, 0.15) is 37.7 Å². The number of nitrogens with one attached hydrogen (secondary N) is 2. The van der Waals surface area contributed by atoms with Crippen LogP contribution in [-0.4, -0.2) is 43.4 Å². The van der Waals surface area contributed by atoms with Gasteiger partial charge in [0.05, 0.1) is 0 Å². The summed E-state index contributed by atoms with van der Waals surface area (Å²) in [4.78, 5) is 18.3. The Kier molecular flexibility index (Phi) is 10.4. The molecule has 1 saturated carbocycles. The van der Waals surface area contributed by atoms with Gasteiger partial charge in [-0.15, -0.1) is 24.0 Å². The van der Waals surface area contributed by atoms with E-state index in [-0.39, 0.29) is 29.9 Å². The van der Waals surface area contributed by atoms with Crippen molar-refractivity contribution < 1.29 is 4.79 Å². The number of nitrogens with zero attached hydrogens (tertiary/aromatic N) is 2. The van der Waals surface area contributed by atoms with Gasteiger partial charge in [0, 0.05) is 44.1 Å². The van der Waals surface area contributed by atoms with Gasteiger partial charge in [0.25, 0.3) is 0 Å². The zero-order chi connectivity index (χ0) is 17.4. The smallest absolute Gasteiger partial charge is 0.224 e. The highest BCUT2D eigenvalue weighted by molar-refractivity contribution is 14.0. The van der Waals surface area contributed by atoms with Gasteiger partial charge in [-0.3, -0.25) is 9.79 Å². The molecule has 0 bridgehead atoms. The van der Waals surface area contributed by atoms with Crippen LogP contribution in [0.5, 0.6) is 0 Å². The van der Waals surface area contributed by atoms with E-state index in [0.29, 0.717) is 25.6 Å². The number of carbonyl (C=O) groups excluding carboxylic acids is 1. The van der Waals surface area contributed by atoms with Gasteiger partial charge in [-0.05, 0) is 24.5 Å². The summed E-state index contributed by atoms with van der Waals surface area (Å²) in [6, 6.07) is 8.50. The third kappa shape index (κ3) is 7.52. The van der Waals surface area contributed by atoms with E-state index in [0.717, 1.165) is 16.0 Å². The maximum Gasteiger partial charge on any atom is 0.224 e. The molecule has 1 amide bonds. The van der Waals surface area contributed by atoms with E-state index in [4.69, 9.17) is 0 Å². The molecule has 0 spiro atoms. The molecule has 2 N–H and O–H groups in total. The molecule has 1 fully saturated rings. The lowest BCUT2D eigenvalue weighted by Gasteiger charge is -2.20. The fraction of sp³-hybridized carbons (Fsp3) is 0.556. The second-order valence-corrected chi connectivity index (χ2v) is 7.07. The van der Waals surface area contributed by atoms with Crippen molar-refractivity contribution in [2.45, 2.75) is 44.7 Å². The van der Waals surface area contributed by atoms with Gasteiger partial charge < -0.3 is 15.5 Å². The quantitative estimate of drug-likeness (QED) is 0.341. The first-order valence-corrected chi connectivity index (χ1v) is 9.34. The highest BCUT2D eigenvalue weighted by Crippen LogP contribution is 2.18. The van der Waals surface area contributed by atoms with E-state index >= 15 is 0 Å². The summed E-state index contributed by atoms with van der Waals surface area (Å²) in [5, 5.41) is 6.66. The molecule has 5 nitrogen and oxygen atoms in total. The molecular weight excluding hydrogens is 495 g/mol. The predicted octanol–water partition coefficient (Wildman–Crippen LogP) is 3.52. The fourth-order valence-electron chi connectivity index (χ4n) is 2.91. The van der Waals surface area contributed by atoms with Gasteiger partial charge in [0.2, 0.25) is 5.91 Å². The Morgan fingerprint density at radius 1 is 1.32 bits per heavy atom. The molecular formula is C18H28BrIN4O. The number of halogens is 2. The molecule has 0 unspecified atom stereocenters. The molecule has 140 valence electrons. The van der Waals surface area contributed by atoms with Crippen molar-refractivity contribution in [3.8, 4) is 0 Å². The first-order chi connectivity index (χ1) is 11.6. The lowest BCUT2D eigenvalue weighted by molar-refractivity contribution is -0.130. The monoisotopic (exact) mass is 522 g/mol. The normalized spacial score (nSPS) is 14.8. The third-order valence-electron chi connectivity index (χ3n) is 4.34. The van der Waals surface area contributed by atoms with E-state index in [9.17, 15) is 4.79 Å². The van der Waals surface area contributed by atoms with E-state index in [1.807, 2.05) is 31.3 Å². The second-order valence-electron chi connectivity index (χ2n) is 6.22. The van der Waals surface area contributed by atoms with Gasteiger partial charge in [-0.25, -0.2) is 0 Å². The summed E-state index contributed by atoms with van der Waals surface area (Å²) in [6.45, 7) is 1.20. The number of rotatable bonds is 6. The van der Waals surface area contributed by atoms with Crippen LogP contribution in [-0.2, 0) is 11.3 Å². The number of amides is 1. The molecule has 0 saturated heterocycles. The lowest BCUT2D eigenvalue weighted by Crippen LogP contribution is -2.43. The van der Waals surface area contributed by atoms with E-state index in [1.165, 1.54) is 25.7 Å². The van der Waals surface area contributed by atoms with Gasteiger partial charge in [0.1, 0.15) is 0 Å². The van der Waals surface area contributed by atoms with Crippen LogP contribution in [0.25, 0.3) is 0 Å². The molecule has 1 aromatic rings. The van der Waals surface area contributed by atoms with Crippen LogP contribution in [0, 0.1) is 0 Å². The summed E-state index contributed by atoms with van der Waals surface area (Å²) in [6.07, 6.45) is 5.43. The maximum absolute atomic E-state index is 12.3. The molecule has 1 aliphatic carbocycles. The number of guanidine groups is 1. The van der Waals surface area contributed by atoms with Crippen molar-refractivity contribution in [1.29, 1.82) is 0 Å². The maximum atomic E-state index is 12.3. The summed E-state index contributed by atoms with van der Waals surface area (Å²) in [5.41, 5.74) is 1.11. The van der Waals surface area contributed by atoms with Gasteiger partial charge in [-0.1, -0.05) is 47.0 Å². The lowest BCUT2D eigenvalue weighted by atomic mass is 10.2. The van der Waals surface area contributed by atoms with E-state index in [1.54, 1.807) is 11.9 Å². The van der Waals surface area contributed by atoms with Gasteiger partial charge in [-0.2, -0.15) is 0 Å². The molecule has 0 aromatic heterocycles. The van der Waals surface area contributed by atoms with Gasteiger partial charge >= 0.3 is 0 Å². The largest absolute Gasteiger partial charge is 0.356 e. The van der Waals surface area contributed by atoms with E-state index < -0.39 is 0 Å². The minimum absolute atomic E-state index is 0. The number of benzene rings is 1. The van der Waals surface area contributed by atoms with Crippen LogP contribution >= 0.6 is 39.9 Å². The Morgan fingerprint density at radius 2 is 2.00 bits per heavy atom. The molecule has 7 heteroatoms. The number of carbonyl (C=O) groups is 1. The molecule has 25 heavy (non-hydrogen) atoms. The SMILES string of the molecule is CN=C(NCCC(=O)N(C)Cc1ccccc1Br)NC1CCCC1.I. The minimum atomic E-state index is 0. The first-order valence-electron chi connectivity index (χ1n) is 8.54. The second kappa shape index (κ2) is 11.7.